The number of rotatable bonds is 0. The molecule has 0 aliphatic heterocycles. The van der Waals surface area contributed by atoms with Crippen molar-refractivity contribution in [2.24, 2.45) is 0 Å². The Kier molecular flexibility index (Phi) is 2.72. The van der Waals surface area contributed by atoms with Crippen LogP contribution in [0.15, 0.2) is 52.4 Å². The normalized spacial score (nSPS) is 8.67. The summed E-state index contributed by atoms with van der Waals surface area (Å²) in [5.74, 6) is -0.657. The monoisotopic (exact) mass is 172 g/mol. The van der Waals surface area contributed by atoms with Crippen LogP contribution < -0.4 is 11.4 Å². The van der Waals surface area contributed by atoms with E-state index in [0.29, 0.717) is 0 Å². The van der Waals surface area contributed by atoms with Crippen molar-refractivity contribution in [2.75, 3.05) is 0 Å². The summed E-state index contributed by atoms with van der Waals surface area (Å²) in [6.45, 7) is 0. The van der Waals surface area contributed by atoms with Gasteiger partial charge < -0.3 is 8.83 Å². The van der Waals surface area contributed by atoms with E-state index in [1.54, 1.807) is 0 Å². The first kappa shape index (κ1) is 8.12. The van der Waals surface area contributed by atoms with Gasteiger partial charge in [0.25, 0.3) is 0 Å². The molecule has 0 fully saturated rings. The van der Waals surface area contributed by atoms with E-state index < -0.39 is 11.4 Å². The van der Waals surface area contributed by atoms with Gasteiger partial charge in [0, 0.05) is 0 Å². The summed E-state index contributed by atoms with van der Waals surface area (Å²) in [5, 5.41) is 0. The summed E-state index contributed by atoms with van der Waals surface area (Å²) >= 11 is 0. The summed E-state index contributed by atoms with van der Waals surface area (Å²) in [6.07, 6.45) is 3.55. The molecule has 0 N–H and O–H groups in total. The van der Waals surface area contributed by atoms with Gasteiger partial charge in [-0.05, 0) is 0 Å². The Hall–Kier alpha value is -1.98. The standard InChI is InChI=1S/2C3H2O3/c4-3-5-1-2-6-3;4-3-1-2-5-6-3/h2*1-2H. The molecule has 0 aromatic carbocycles. The first-order valence-corrected chi connectivity index (χ1v) is 2.85. The highest BCUT2D eigenvalue weighted by Gasteiger charge is 1.78. The fourth-order valence-electron chi connectivity index (χ4n) is 0.381. The number of hydrogen-bond acceptors (Lipinski definition) is 6. The van der Waals surface area contributed by atoms with Crippen LogP contribution in [0.3, 0.4) is 0 Å². The highest BCUT2D eigenvalue weighted by Crippen LogP contribution is 1.70. The fourth-order valence-corrected chi connectivity index (χ4v) is 0.381. The van der Waals surface area contributed by atoms with E-state index in [9.17, 15) is 9.59 Å². The highest BCUT2D eigenvalue weighted by molar-refractivity contribution is 4.67. The molecule has 2 heterocycles. The smallest absolute Gasteiger partial charge is 0.399 e. The third kappa shape index (κ3) is 2.74. The average Bonchev–Trinajstić information content (AvgIpc) is 2.63. The van der Waals surface area contributed by atoms with Gasteiger partial charge in [0.1, 0.15) is 18.8 Å². The van der Waals surface area contributed by atoms with Crippen LogP contribution in [-0.4, -0.2) is 0 Å². The molecule has 0 aliphatic carbocycles. The molecule has 0 spiro atoms. The lowest BCUT2D eigenvalue weighted by Crippen LogP contribution is -1.83. The second-order valence-corrected chi connectivity index (χ2v) is 1.56. The van der Waals surface area contributed by atoms with Gasteiger partial charge in [-0.15, -0.1) is 0 Å². The molecule has 0 unspecified atom stereocenters. The Morgan fingerprint density at radius 2 is 1.67 bits per heavy atom. The minimum atomic E-state index is -0.657. The lowest BCUT2D eigenvalue weighted by molar-refractivity contribution is 0.0488. The molecule has 0 aliphatic rings. The Balaban J connectivity index is 0.000000120. The van der Waals surface area contributed by atoms with Crippen molar-refractivity contribution in [1.82, 2.24) is 0 Å². The molecule has 0 amide bonds. The van der Waals surface area contributed by atoms with Crippen LogP contribution >= 0.6 is 0 Å². The molecule has 2 aromatic heterocycles. The van der Waals surface area contributed by atoms with Gasteiger partial charge in [0.05, 0.1) is 6.07 Å². The van der Waals surface area contributed by atoms with E-state index in [-0.39, 0.29) is 0 Å². The van der Waals surface area contributed by atoms with E-state index in [1.807, 2.05) is 0 Å². The predicted molar refractivity (Wildman–Crippen MR) is 34.5 cm³/mol. The van der Waals surface area contributed by atoms with Gasteiger partial charge >= 0.3 is 11.4 Å². The quantitative estimate of drug-likeness (QED) is 0.536. The van der Waals surface area contributed by atoms with Crippen molar-refractivity contribution < 1.29 is 18.0 Å². The summed E-state index contributed by atoms with van der Waals surface area (Å²) < 4.78 is 16.2. The maximum atomic E-state index is 9.81. The predicted octanol–water partition coefficient (Wildman–Crippen LogP) is 0.466. The van der Waals surface area contributed by atoms with E-state index in [2.05, 4.69) is 18.0 Å². The molecule has 2 aromatic rings. The second-order valence-electron chi connectivity index (χ2n) is 1.56. The van der Waals surface area contributed by atoms with Crippen LogP contribution in [0.25, 0.3) is 0 Å². The van der Waals surface area contributed by atoms with Gasteiger partial charge in [0.15, 0.2) is 0 Å². The largest absolute Gasteiger partial charge is 0.518 e. The molecule has 0 radical (unpaired) electrons. The van der Waals surface area contributed by atoms with Crippen molar-refractivity contribution >= 4 is 0 Å². The highest BCUT2D eigenvalue weighted by atomic mass is 17.0. The van der Waals surface area contributed by atoms with Gasteiger partial charge in [0.2, 0.25) is 0 Å². The summed E-state index contributed by atoms with van der Waals surface area (Å²) in [4.78, 5) is 19.5. The van der Waals surface area contributed by atoms with Crippen LogP contribution in [0.2, 0.25) is 0 Å². The van der Waals surface area contributed by atoms with Crippen LogP contribution in [0.1, 0.15) is 0 Å². The second kappa shape index (κ2) is 4.02. The van der Waals surface area contributed by atoms with E-state index >= 15 is 0 Å². The Morgan fingerprint density at radius 3 is 1.83 bits per heavy atom. The zero-order valence-electron chi connectivity index (χ0n) is 5.76. The van der Waals surface area contributed by atoms with Crippen molar-refractivity contribution in [3.05, 3.63) is 45.9 Å². The van der Waals surface area contributed by atoms with Crippen molar-refractivity contribution in [1.29, 1.82) is 0 Å². The van der Waals surface area contributed by atoms with Gasteiger partial charge in [-0.1, -0.05) is 0 Å². The van der Waals surface area contributed by atoms with E-state index in [1.165, 1.54) is 24.9 Å². The molecule has 64 valence electrons. The molecule has 6 nitrogen and oxygen atoms in total. The zero-order chi connectivity index (χ0) is 8.81. The Labute approximate surface area is 64.9 Å². The zero-order valence-corrected chi connectivity index (χ0v) is 5.76. The first-order valence-electron chi connectivity index (χ1n) is 2.85. The van der Waals surface area contributed by atoms with Crippen LogP contribution in [-0.2, 0) is 0 Å². The molecular formula is C6H4O6. The van der Waals surface area contributed by atoms with Gasteiger partial charge in [-0.2, -0.15) is 0 Å². The fraction of sp³-hybridized carbons (Fsp3) is 0. The van der Waals surface area contributed by atoms with Crippen LogP contribution in [0, 0.1) is 0 Å². The van der Waals surface area contributed by atoms with E-state index in [4.69, 9.17) is 0 Å². The number of hydrogen-bond donors (Lipinski definition) is 0. The maximum Gasteiger partial charge on any atom is 0.518 e. The molecular weight excluding hydrogens is 168 g/mol. The molecule has 6 heteroatoms. The third-order valence-corrected chi connectivity index (χ3v) is 0.774. The Bertz CT molecular complexity index is 328. The lowest BCUT2D eigenvalue weighted by Gasteiger charge is -1.51. The molecule has 0 bridgehead atoms. The molecule has 2 rings (SSSR count). The minimum absolute atomic E-state index is 0.449. The molecule has 0 saturated carbocycles. The molecule has 0 saturated heterocycles. The summed E-state index contributed by atoms with van der Waals surface area (Å²) in [7, 11) is 0. The van der Waals surface area contributed by atoms with Crippen LogP contribution in [0.4, 0.5) is 0 Å². The lowest BCUT2D eigenvalue weighted by atomic mass is 10.8. The summed E-state index contributed by atoms with van der Waals surface area (Å²) in [5.41, 5.74) is -0.449. The summed E-state index contributed by atoms with van der Waals surface area (Å²) in [6, 6.07) is 1.19. The molecule has 12 heavy (non-hydrogen) atoms. The maximum absolute atomic E-state index is 9.81. The van der Waals surface area contributed by atoms with Gasteiger partial charge in [-0.25, -0.2) is 14.2 Å². The topological polar surface area (TPSA) is 86.7 Å². The molecule has 0 atom stereocenters. The third-order valence-electron chi connectivity index (χ3n) is 0.774. The Morgan fingerprint density at radius 1 is 1.00 bits per heavy atom. The van der Waals surface area contributed by atoms with Crippen molar-refractivity contribution in [3.63, 3.8) is 0 Å². The minimum Gasteiger partial charge on any atom is -0.399 e. The first-order chi connectivity index (χ1) is 5.79. The SMILES string of the molecule is O=c1ccoo1.O=c1occo1. The van der Waals surface area contributed by atoms with Crippen molar-refractivity contribution in [3.8, 4) is 0 Å². The van der Waals surface area contributed by atoms with E-state index in [0.717, 1.165) is 0 Å². The van der Waals surface area contributed by atoms with Crippen molar-refractivity contribution in [2.45, 2.75) is 0 Å². The van der Waals surface area contributed by atoms with Gasteiger partial charge in [-0.3, -0.25) is 4.58 Å². The van der Waals surface area contributed by atoms with Crippen LogP contribution in [0.5, 0.6) is 0 Å². The average molecular weight is 172 g/mol.